The maximum absolute atomic E-state index is 11.7. The number of rotatable bonds is 3. The van der Waals surface area contributed by atoms with Crippen LogP contribution < -0.4 is 0 Å². The highest BCUT2D eigenvalue weighted by Crippen LogP contribution is 2.33. The number of benzene rings is 1. The molecule has 0 aliphatic carbocycles. The molecule has 2 rings (SSSR count). The first-order valence-corrected chi connectivity index (χ1v) is 5.84. The number of carbonyl (C=O) groups is 2. The highest BCUT2D eigenvalue weighted by Gasteiger charge is 2.35. The van der Waals surface area contributed by atoms with E-state index < -0.39 is 11.9 Å². The van der Waals surface area contributed by atoms with Gasteiger partial charge in [-0.3, -0.25) is 0 Å². The SMILES string of the molecule is CCC(C)C1=C(c2ccc(O)cc2)C(=O)OC1=O. The molecule has 1 aliphatic rings. The van der Waals surface area contributed by atoms with Gasteiger partial charge in [0.15, 0.2) is 0 Å². The third kappa shape index (κ3) is 2.01. The number of hydrogen-bond donors (Lipinski definition) is 1. The molecule has 1 aromatic carbocycles. The number of carbonyl (C=O) groups excluding carboxylic acids is 2. The van der Waals surface area contributed by atoms with Crippen molar-refractivity contribution >= 4 is 17.5 Å². The zero-order valence-electron chi connectivity index (χ0n) is 10.3. The molecule has 0 radical (unpaired) electrons. The Hall–Kier alpha value is -2.10. The Kier molecular flexibility index (Phi) is 3.19. The molecule has 0 spiro atoms. The lowest BCUT2D eigenvalue weighted by Crippen LogP contribution is -2.07. The van der Waals surface area contributed by atoms with Crippen LogP contribution in [0.15, 0.2) is 29.8 Å². The molecule has 0 saturated heterocycles. The zero-order chi connectivity index (χ0) is 13.3. The van der Waals surface area contributed by atoms with E-state index in [-0.39, 0.29) is 11.7 Å². The van der Waals surface area contributed by atoms with E-state index in [0.29, 0.717) is 16.7 Å². The van der Waals surface area contributed by atoms with Gasteiger partial charge in [0.05, 0.1) is 11.1 Å². The number of esters is 2. The quantitative estimate of drug-likeness (QED) is 0.656. The van der Waals surface area contributed by atoms with E-state index in [1.807, 2.05) is 13.8 Å². The third-order valence-corrected chi connectivity index (χ3v) is 3.14. The maximum atomic E-state index is 11.7. The number of cyclic esters (lactones) is 2. The van der Waals surface area contributed by atoms with E-state index in [0.717, 1.165) is 6.42 Å². The number of phenols is 1. The Morgan fingerprint density at radius 3 is 2.33 bits per heavy atom. The fourth-order valence-corrected chi connectivity index (χ4v) is 1.96. The van der Waals surface area contributed by atoms with Gasteiger partial charge in [0, 0.05) is 0 Å². The second-order valence-corrected chi connectivity index (χ2v) is 4.32. The number of ether oxygens (including phenoxy) is 1. The molecule has 0 amide bonds. The minimum Gasteiger partial charge on any atom is -0.508 e. The second kappa shape index (κ2) is 4.64. The van der Waals surface area contributed by atoms with Crippen LogP contribution in [-0.2, 0) is 14.3 Å². The van der Waals surface area contributed by atoms with E-state index in [1.54, 1.807) is 12.1 Å². The molecular formula is C14H14O4. The number of phenolic OH excluding ortho intramolecular Hbond substituents is 1. The lowest BCUT2D eigenvalue weighted by Gasteiger charge is -2.08. The van der Waals surface area contributed by atoms with Crippen LogP contribution in [0.5, 0.6) is 5.75 Å². The fourth-order valence-electron chi connectivity index (χ4n) is 1.96. The van der Waals surface area contributed by atoms with Crippen LogP contribution >= 0.6 is 0 Å². The smallest absolute Gasteiger partial charge is 0.347 e. The summed E-state index contributed by atoms with van der Waals surface area (Å²) in [5.74, 6) is -1.09. The van der Waals surface area contributed by atoms with Crippen molar-refractivity contribution in [2.24, 2.45) is 5.92 Å². The lowest BCUT2D eigenvalue weighted by atomic mass is 9.91. The summed E-state index contributed by atoms with van der Waals surface area (Å²) in [5, 5.41) is 9.24. The summed E-state index contributed by atoms with van der Waals surface area (Å²) in [6, 6.07) is 6.17. The molecule has 4 nitrogen and oxygen atoms in total. The van der Waals surface area contributed by atoms with Crippen molar-refractivity contribution in [2.75, 3.05) is 0 Å². The zero-order valence-corrected chi connectivity index (χ0v) is 10.3. The van der Waals surface area contributed by atoms with E-state index in [1.165, 1.54) is 12.1 Å². The summed E-state index contributed by atoms with van der Waals surface area (Å²) in [7, 11) is 0. The molecule has 1 N–H and O–H groups in total. The van der Waals surface area contributed by atoms with Crippen LogP contribution in [0.3, 0.4) is 0 Å². The largest absolute Gasteiger partial charge is 0.508 e. The molecule has 0 saturated carbocycles. The van der Waals surface area contributed by atoms with Crippen LogP contribution in [0.1, 0.15) is 25.8 Å². The Labute approximate surface area is 105 Å². The highest BCUT2D eigenvalue weighted by molar-refractivity contribution is 6.31. The lowest BCUT2D eigenvalue weighted by molar-refractivity contribution is -0.150. The molecule has 0 fully saturated rings. The molecule has 18 heavy (non-hydrogen) atoms. The summed E-state index contributed by atoms with van der Waals surface area (Å²) in [5.41, 5.74) is 1.33. The van der Waals surface area contributed by atoms with Crippen LogP contribution in [0.4, 0.5) is 0 Å². The molecular weight excluding hydrogens is 232 g/mol. The molecule has 1 unspecified atom stereocenters. The van der Waals surface area contributed by atoms with Crippen molar-refractivity contribution in [1.29, 1.82) is 0 Å². The van der Waals surface area contributed by atoms with Gasteiger partial charge in [0.2, 0.25) is 0 Å². The average molecular weight is 246 g/mol. The van der Waals surface area contributed by atoms with Crippen molar-refractivity contribution in [1.82, 2.24) is 0 Å². The number of hydrogen-bond acceptors (Lipinski definition) is 4. The topological polar surface area (TPSA) is 63.6 Å². The normalized spacial score (nSPS) is 17.0. The van der Waals surface area contributed by atoms with Gasteiger partial charge in [0.1, 0.15) is 5.75 Å². The second-order valence-electron chi connectivity index (χ2n) is 4.32. The molecule has 0 aromatic heterocycles. The molecule has 1 heterocycles. The van der Waals surface area contributed by atoms with Gasteiger partial charge in [-0.25, -0.2) is 9.59 Å². The molecule has 1 aromatic rings. The van der Waals surface area contributed by atoms with Gasteiger partial charge in [-0.15, -0.1) is 0 Å². The van der Waals surface area contributed by atoms with E-state index in [4.69, 9.17) is 0 Å². The van der Waals surface area contributed by atoms with Crippen LogP contribution in [0, 0.1) is 5.92 Å². The van der Waals surface area contributed by atoms with Gasteiger partial charge in [-0.2, -0.15) is 0 Å². The minimum absolute atomic E-state index is 0.0345. The number of aromatic hydroxyl groups is 1. The molecule has 94 valence electrons. The Bertz CT molecular complexity index is 525. The Morgan fingerprint density at radius 1 is 1.17 bits per heavy atom. The Balaban J connectivity index is 2.55. The van der Waals surface area contributed by atoms with E-state index >= 15 is 0 Å². The maximum Gasteiger partial charge on any atom is 0.347 e. The van der Waals surface area contributed by atoms with E-state index in [9.17, 15) is 14.7 Å². The monoisotopic (exact) mass is 246 g/mol. The first-order valence-electron chi connectivity index (χ1n) is 5.84. The summed E-state index contributed by atoms with van der Waals surface area (Å²) in [6.45, 7) is 3.83. The summed E-state index contributed by atoms with van der Waals surface area (Å²) in [4.78, 5) is 23.4. The van der Waals surface area contributed by atoms with Crippen LogP contribution in [0.2, 0.25) is 0 Å². The van der Waals surface area contributed by atoms with Gasteiger partial charge in [0.25, 0.3) is 0 Å². The highest BCUT2D eigenvalue weighted by atomic mass is 16.6. The summed E-state index contributed by atoms with van der Waals surface area (Å²) < 4.78 is 4.68. The van der Waals surface area contributed by atoms with Gasteiger partial charge in [-0.05, 0) is 30.0 Å². The summed E-state index contributed by atoms with van der Waals surface area (Å²) >= 11 is 0. The third-order valence-electron chi connectivity index (χ3n) is 3.14. The van der Waals surface area contributed by atoms with Crippen molar-refractivity contribution < 1.29 is 19.4 Å². The van der Waals surface area contributed by atoms with Crippen molar-refractivity contribution in [3.63, 3.8) is 0 Å². The Morgan fingerprint density at radius 2 is 1.78 bits per heavy atom. The van der Waals surface area contributed by atoms with Crippen molar-refractivity contribution in [2.45, 2.75) is 20.3 Å². The van der Waals surface area contributed by atoms with Gasteiger partial charge in [-0.1, -0.05) is 26.0 Å². The van der Waals surface area contributed by atoms with Crippen molar-refractivity contribution in [3.05, 3.63) is 35.4 Å². The first-order chi connectivity index (χ1) is 8.54. The minimum atomic E-state index is -0.610. The summed E-state index contributed by atoms with van der Waals surface area (Å²) in [6.07, 6.45) is 0.749. The van der Waals surface area contributed by atoms with E-state index in [2.05, 4.69) is 4.74 Å². The average Bonchev–Trinajstić information content (AvgIpc) is 2.64. The van der Waals surface area contributed by atoms with Crippen molar-refractivity contribution in [3.8, 4) is 5.75 Å². The molecule has 1 atom stereocenters. The van der Waals surface area contributed by atoms with Crippen LogP contribution in [-0.4, -0.2) is 17.0 Å². The van der Waals surface area contributed by atoms with Crippen LogP contribution in [0.25, 0.3) is 5.57 Å². The van der Waals surface area contributed by atoms with Gasteiger partial charge < -0.3 is 9.84 Å². The fraction of sp³-hybridized carbons (Fsp3) is 0.286. The predicted octanol–water partition coefficient (Wildman–Crippen LogP) is 2.28. The first kappa shape index (κ1) is 12.4. The van der Waals surface area contributed by atoms with Gasteiger partial charge >= 0.3 is 11.9 Å². The molecule has 4 heteroatoms. The standard InChI is InChI=1S/C14H14O4/c1-3-8(2)11-12(14(17)18-13(11)16)9-4-6-10(15)7-5-9/h4-8,15H,3H2,1-2H3. The molecule has 1 aliphatic heterocycles. The molecule has 0 bridgehead atoms. The predicted molar refractivity (Wildman–Crippen MR) is 65.6 cm³/mol.